The fourth-order valence-corrected chi connectivity index (χ4v) is 3.30. The Morgan fingerprint density at radius 3 is 3.08 bits per heavy atom. The lowest BCUT2D eigenvalue weighted by molar-refractivity contribution is 0.213. The monoisotopic (exact) mass is 328 g/mol. The Kier molecular flexibility index (Phi) is 5.46. The molecule has 1 aromatic heterocycles. The molecule has 0 spiro atoms. The van der Waals surface area contributed by atoms with Crippen LogP contribution >= 0.6 is 0 Å². The number of nitrogens with one attached hydrogen (secondary N) is 1. The largest absolute Gasteiger partial charge is 0.423 e. The van der Waals surface area contributed by atoms with Crippen molar-refractivity contribution in [1.82, 2.24) is 15.1 Å². The van der Waals surface area contributed by atoms with Gasteiger partial charge >= 0.3 is 6.03 Å². The first-order chi connectivity index (χ1) is 11.8. The molecule has 2 aromatic rings. The highest BCUT2D eigenvalue weighted by Gasteiger charge is 2.20. The van der Waals surface area contributed by atoms with Gasteiger partial charge in [0.15, 0.2) is 0 Å². The number of carbonyl (C=O) groups excluding carboxylic acids is 1. The van der Waals surface area contributed by atoms with Gasteiger partial charge in [0.2, 0.25) is 12.3 Å². The smallest absolute Gasteiger partial charge is 0.321 e. The molecule has 6 heteroatoms. The highest BCUT2D eigenvalue weighted by atomic mass is 16.4. The maximum absolute atomic E-state index is 12.5. The van der Waals surface area contributed by atoms with E-state index in [0.29, 0.717) is 5.89 Å². The second kappa shape index (κ2) is 7.95. The number of urea groups is 1. The summed E-state index contributed by atoms with van der Waals surface area (Å²) in [5, 5.41) is 10.6. The van der Waals surface area contributed by atoms with E-state index >= 15 is 0 Å². The summed E-state index contributed by atoms with van der Waals surface area (Å²) >= 11 is 0. The Bertz CT molecular complexity index is 657. The molecule has 0 bridgehead atoms. The standard InChI is InChI=1S/C18H24N4O2/c1-2-5-14-6-4-10-22(11-9-14)18(23)20-16-8-3-7-15(12-16)17-21-19-13-24-17/h3,7-8,12-14H,2,4-6,9-11H2,1H3,(H,20,23)/t14-/m1/s1. The molecule has 6 nitrogen and oxygen atoms in total. The van der Waals surface area contributed by atoms with Crippen LogP contribution in [0.1, 0.15) is 39.0 Å². The molecule has 1 saturated heterocycles. The fourth-order valence-electron chi connectivity index (χ4n) is 3.30. The molecule has 1 atom stereocenters. The van der Waals surface area contributed by atoms with Gasteiger partial charge in [-0.05, 0) is 43.4 Å². The molecule has 2 heterocycles. The van der Waals surface area contributed by atoms with E-state index in [1.807, 2.05) is 29.2 Å². The van der Waals surface area contributed by atoms with Crippen LogP contribution in [0.15, 0.2) is 35.1 Å². The first-order valence-electron chi connectivity index (χ1n) is 8.69. The normalized spacial score (nSPS) is 18.2. The SMILES string of the molecule is CCC[C@@H]1CCCN(C(=O)Nc2cccc(-c3nnco3)c2)CC1. The van der Waals surface area contributed by atoms with Crippen molar-refractivity contribution in [3.05, 3.63) is 30.7 Å². The number of hydrogen-bond acceptors (Lipinski definition) is 4. The Morgan fingerprint density at radius 2 is 2.29 bits per heavy atom. The first-order valence-corrected chi connectivity index (χ1v) is 8.69. The zero-order chi connectivity index (χ0) is 16.8. The van der Waals surface area contributed by atoms with E-state index < -0.39 is 0 Å². The first kappa shape index (κ1) is 16.5. The van der Waals surface area contributed by atoms with Crippen LogP contribution in [0.3, 0.4) is 0 Å². The van der Waals surface area contributed by atoms with E-state index in [4.69, 9.17) is 4.42 Å². The molecular formula is C18H24N4O2. The summed E-state index contributed by atoms with van der Waals surface area (Å²) < 4.78 is 5.20. The van der Waals surface area contributed by atoms with Gasteiger partial charge in [-0.2, -0.15) is 0 Å². The lowest BCUT2D eigenvalue weighted by Crippen LogP contribution is -2.35. The number of anilines is 1. The van der Waals surface area contributed by atoms with Gasteiger partial charge in [0.25, 0.3) is 0 Å². The zero-order valence-electron chi connectivity index (χ0n) is 14.1. The van der Waals surface area contributed by atoms with Gasteiger partial charge in [0.1, 0.15) is 0 Å². The van der Waals surface area contributed by atoms with Crippen LogP contribution in [0.2, 0.25) is 0 Å². The Hall–Kier alpha value is -2.37. The van der Waals surface area contributed by atoms with Crippen LogP contribution in [0.25, 0.3) is 11.5 Å². The van der Waals surface area contributed by atoms with Gasteiger partial charge in [-0.1, -0.05) is 25.8 Å². The number of rotatable bonds is 4. The van der Waals surface area contributed by atoms with Crippen molar-refractivity contribution in [3.8, 4) is 11.5 Å². The van der Waals surface area contributed by atoms with Crippen LogP contribution < -0.4 is 5.32 Å². The highest BCUT2D eigenvalue weighted by molar-refractivity contribution is 5.90. The molecule has 3 rings (SSSR count). The summed E-state index contributed by atoms with van der Waals surface area (Å²) in [5.41, 5.74) is 1.54. The summed E-state index contributed by atoms with van der Waals surface area (Å²) in [4.78, 5) is 14.5. The van der Waals surface area contributed by atoms with E-state index in [9.17, 15) is 4.79 Å². The third-order valence-corrected chi connectivity index (χ3v) is 4.55. The molecule has 1 aromatic carbocycles. The van der Waals surface area contributed by atoms with Gasteiger partial charge in [0.05, 0.1) is 0 Å². The fraction of sp³-hybridized carbons (Fsp3) is 0.500. The molecule has 128 valence electrons. The average Bonchev–Trinajstić information content (AvgIpc) is 3.02. The second-order valence-corrected chi connectivity index (χ2v) is 6.33. The highest BCUT2D eigenvalue weighted by Crippen LogP contribution is 2.23. The van der Waals surface area contributed by atoms with Crippen molar-refractivity contribution in [1.29, 1.82) is 0 Å². The molecule has 1 fully saturated rings. The number of nitrogens with zero attached hydrogens (tertiary/aromatic N) is 3. The predicted molar refractivity (Wildman–Crippen MR) is 92.6 cm³/mol. The molecule has 24 heavy (non-hydrogen) atoms. The molecule has 2 amide bonds. The number of amides is 2. The minimum absolute atomic E-state index is 0.0326. The number of benzene rings is 1. The van der Waals surface area contributed by atoms with Crippen molar-refractivity contribution in [3.63, 3.8) is 0 Å². The molecule has 0 unspecified atom stereocenters. The molecule has 1 aliphatic rings. The van der Waals surface area contributed by atoms with Gasteiger partial charge in [-0.3, -0.25) is 0 Å². The summed E-state index contributed by atoms with van der Waals surface area (Å²) in [6.07, 6.45) is 7.19. The van der Waals surface area contributed by atoms with Crippen molar-refractivity contribution in [2.45, 2.75) is 39.0 Å². The Labute approximate surface area is 142 Å². The number of hydrogen-bond donors (Lipinski definition) is 1. The molecule has 0 saturated carbocycles. The number of aromatic nitrogens is 2. The van der Waals surface area contributed by atoms with Crippen LogP contribution in [0.4, 0.5) is 10.5 Å². The van der Waals surface area contributed by atoms with Gasteiger partial charge in [-0.15, -0.1) is 10.2 Å². The lowest BCUT2D eigenvalue weighted by Gasteiger charge is -2.21. The maximum Gasteiger partial charge on any atom is 0.321 e. The third kappa shape index (κ3) is 4.13. The summed E-state index contributed by atoms with van der Waals surface area (Å²) in [5.74, 6) is 1.21. The number of carbonyl (C=O) groups is 1. The molecule has 0 radical (unpaired) electrons. The van der Waals surface area contributed by atoms with Gasteiger partial charge < -0.3 is 14.6 Å². The summed E-state index contributed by atoms with van der Waals surface area (Å²) in [6.45, 7) is 3.89. The van der Waals surface area contributed by atoms with E-state index in [0.717, 1.165) is 43.1 Å². The summed E-state index contributed by atoms with van der Waals surface area (Å²) in [6, 6.07) is 7.44. The van der Waals surface area contributed by atoms with E-state index in [1.165, 1.54) is 25.7 Å². The minimum atomic E-state index is -0.0326. The van der Waals surface area contributed by atoms with Crippen LogP contribution in [0, 0.1) is 5.92 Å². The topological polar surface area (TPSA) is 71.3 Å². The maximum atomic E-state index is 12.5. The molecule has 1 N–H and O–H groups in total. The Balaban J connectivity index is 1.61. The molecule has 0 aliphatic carbocycles. The second-order valence-electron chi connectivity index (χ2n) is 6.33. The van der Waals surface area contributed by atoms with Crippen LogP contribution in [-0.2, 0) is 0 Å². The van der Waals surface area contributed by atoms with Gasteiger partial charge in [0, 0.05) is 24.3 Å². The third-order valence-electron chi connectivity index (χ3n) is 4.55. The lowest BCUT2D eigenvalue weighted by atomic mass is 9.96. The van der Waals surface area contributed by atoms with Crippen molar-refractivity contribution in [2.75, 3.05) is 18.4 Å². The molecule has 1 aliphatic heterocycles. The van der Waals surface area contributed by atoms with Crippen molar-refractivity contribution in [2.24, 2.45) is 5.92 Å². The van der Waals surface area contributed by atoms with Crippen LogP contribution in [0.5, 0.6) is 0 Å². The Morgan fingerprint density at radius 1 is 1.38 bits per heavy atom. The van der Waals surface area contributed by atoms with E-state index in [1.54, 1.807) is 0 Å². The number of likely N-dealkylation sites (tertiary alicyclic amines) is 1. The van der Waals surface area contributed by atoms with Crippen LogP contribution in [-0.4, -0.2) is 34.2 Å². The zero-order valence-corrected chi connectivity index (χ0v) is 14.1. The quantitative estimate of drug-likeness (QED) is 0.914. The minimum Gasteiger partial charge on any atom is -0.423 e. The van der Waals surface area contributed by atoms with Crippen molar-refractivity contribution >= 4 is 11.7 Å². The van der Waals surface area contributed by atoms with E-state index in [2.05, 4.69) is 22.4 Å². The molecular weight excluding hydrogens is 304 g/mol. The van der Waals surface area contributed by atoms with Gasteiger partial charge in [-0.25, -0.2) is 4.79 Å². The van der Waals surface area contributed by atoms with E-state index in [-0.39, 0.29) is 6.03 Å². The predicted octanol–water partition coefficient (Wildman–Crippen LogP) is 4.17. The summed E-state index contributed by atoms with van der Waals surface area (Å²) in [7, 11) is 0. The average molecular weight is 328 g/mol. The van der Waals surface area contributed by atoms with Crippen molar-refractivity contribution < 1.29 is 9.21 Å².